The van der Waals surface area contributed by atoms with Gasteiger partial charge >= 0.3 is 18.0 Å². The van der Waals surface area contributed by atoms with Crippen molar-refractivity contribution in [2.75, 3.05) is 20.3 Å². The molecule has 0 aromatic rings. The van der Waals surface area contributed by atoms with Crippen LogP contribution in [-0.4, -0.2) is 49.2 Å². The highest BCUT2D eigenvalue weighted by molar-refractivity contribution is 5.84. The summed E-state index contributed by atoms with van der Waals surface area (Å²) in [5.74, 6) is -7.62. The van der Waals surface area contributed by atoms with Crippen molar-refractivity contribution in [2.24, 2.45) is 0 Å². The molecule has 0 heterocycles. The standard InChI is InChI=1S/C9H14F5NO2/c1-6(2)15(4-5-17-3)7(16)8(10,11)9(12,13)14/h6H,4-5H2,1-3H3. The summed E-state index contributed by atoms with van der Waals surface area (Å²) in [6.45, 7) is 2.26. The lowest BCUT2D eigenvalue weighted by molar-refractivity contribution is -0.275. The van der Waals surface area contributed by atoms with Crippen LogP contribution in [0.2, 0.25) is 0 Å². The van der Waals surface area contributed by atoms with E-state index in [9.17, 15) is 26.7 Å². The van der Waals surface area contributed by atoms with E-state index < -0.39 is 24.0 Å². The van der Waals surface area contributed by atoms with Crippen LogP contribution in [0.1, 0.15) is 13.8 Å². The lowest BCUT2D eigenvalue weighted by Crippen LogP contribution is -2.54. The van der Waals surface area contributed by atoms with E-state index in [2.05, 4.69) is 4.74 Å². The van der Waals surface area contributed by atoms with Crippen molar-refractivity contribution in [3.05, 3.63) is 0 Å². The van der Waals surface area contributed by atoms with Crippen LogP contribution in [0.3, 0.4) is 0 Å². The van der Waals surface area contributed by atoms with Crippen LogP contribution in [0.4, 0.5) is 22.0 Å². The van der Waals surface area contributed by atoms with E-state index >= 15 is 0 Å². The zero-order valence-electron chi connectivity index (χ0n) is 9.65. The molecule has 0 atom stereocenters. The topological polar surface area (TPSA) is 29.5 Å². The number of hydrogen-bond donors (Lipinski definition) is 0. The molecule has 0 fully saturated rings. The minimum Gasteiger partial charge on any atom is -0.383 e. The van der Waals surface area contributed by atoms with Gasteiger partial charge in [-0.25, -0.2) is 0 Å². The quantitative estimate of drug-likeness (QED) is 0.711. The Balaban J connectivity index is 4.96. The number of carbonyl (C=O) groups is 1. The molecule has 102 valence electrons. The maximum atomic E-state index is 12.8. The molecule has 0 bridgehead atoms. The smallest absolute Gasteiger partial charge is 0.383 e. The van der Waals surface area contributed by atoms with Crippen molar-refractivity contribution in [3.8, 4) is 0 Å². The molecule has 0 aliphatic rings. The van der Waals surface area contributed by atoms with Crippen LogP contribution in [0, 0.1) is 0 Å². The van der Waals surface area contributed by atoms with Gasteiger partial charge in [-0.2, -0.15) is 22.0 Å². The number of alkyl halides is 5. The molecule has 0 aromatic heterocycles. The van der Waals surface area contributed by atoms with Crippen LogP contribution in [0.15, 0.2) is 0 Å². The highest BCUT2D eigenvalue weighted by Crippen LogP contribution is 2.37. The van der Waals surface area contributed by atoms with E-state index in [4.69, 9.17) is 0 Å². The monoisotopic (exact) mass is 263 g/mol. The SMILES string of the molecule is COCCN(C(=O)C(F)(F)C(F)(F)F)C(C)C. The fourth-order valence-corrected chi connectivity index (χ4v) is 1.09. The summed E-state index contributed by atoms with van der Waals surface area (Å²) >= 11 is 0. The molecule has 0 radical (unpaired) electrons. The van der Waals surface area contributed by atoms with Crippen LogP contribution in [0.5, 0.6) is 0 Å². The van der Waals surface area contributed by atoms with Crippen molar-refractivity contribution < 1.29 is 31.5 Å². The minimum atomic E-state index is -5.88. The van der Waals surface area contributed by atoms with Crippen LogP contribution < -0.4 is 0 Å². The summed E-state index contributed by atoms with van der Waals surface area (Å²) in [6.07, 6.45) is -5.88. The number of rotatable bonds is 5. The lowest BCUT2D eigenvalue weighted by atomic mass is 10.2. The number of halogens is 5. The van der Waals surface area contributed by atoms with Crippen molar-refractivity contribution in [2.45, 2.75) is 32.0 Å². The molecule has 0 N–H and O–H groups in total. The zero-order valence-corrected chi connectivity index (χ0v) is 9.65. The van der Waals surface area contributed by atoms with Gasteiger partial charge in [0, 0.05) is 19.7 Å². The number of amides is 1. The van der Waals surface area contributed by atoms with Crippen LogP contribution in [-0.2, 0) is 9.53 Å². The van der Waals surface area contributed by atoms with Gasteiger partial charge in [0.15, 0.2) is 0 Å². The van der Waals surface area contributed by atoms with Crippen molar-refractivity contribution in [3.63, 3.8) is 0 Å². The third kappa shape index (κ3) is 3.79. The Bertz CT molecular complexity index is 265. The Hall–Kier alpha value is -0.920. The van der Waals surface area contributed by atoms with Crippen molar-refractivity contribution in [1.29, 1.82) is 0 Å². The van der Waals surface area contributed by atoms with Crippen molar-refractivity contribution >= 4 is 5.91 Å². The van der Waals surface area contributed by atoms with Gasteiger partial charge in [-0.15, -0.1) is 0 Å². The first-order chi connectivity index (χ1) is 7.55. The number of carbonyl (C=O) groups excluding carboxylic acids is 1. The second-order valence-electron chi connectivity index (χ2n) is 3.66. The van der Waals surface area contributed by atoms with Gasteiger partial charge in [0.25, 0.3) is 0 Å². The predicted octanol–water partition coefficient (Wildman–Crippen LogP) is 2.07. The number of ether oxygens (including phenoxy) is 1. The maximum Gasteiger partial charge on any atom is 0.463 e. The third-order valence-electron chi connectivity index (χ3n) is 2.05. The highest BCUT2D eigenvalue weighted by atomic mass is 19.4. The van der Waals surface area contributed by atoms with Gasteiger partial charge in [-0.05, 0) is 13.8 Å². The average molecular weight is 263 g/mol. The van der Waals surface area contributed by atoms with Crippen LogP contribution in [0.25, 0.3) is 0 Å². The molecule has 0 saturated carbocycles. The molecule has 8 heteroatoms. The molecule has 0 spiro atoms. The molecule has 0 aromatic carbocycles. The number of nitrogens with zero attached hydrogens (tertiary/aromatic N) is 1. The van der Waals surface area contributed by atoms with Gasteiger partial charge in [-0.3, -0.25) is 4.79 Å². The molecule has 0 aliphatic carbocycles. The Morgan fingerprint density at radius 2 is 1.71 bits per heavy atom. The van der Waals surface area contributed by atoms with Gasteiger partial charge in [-0.1, -0.05) is 0 Å². The van der Waals surface area contributed by atoms with Gasteiger partial charge in [0.05, 0.1) is 6.61 Å². The normalized spacial score (nSPS) is 13.0. The molecule has 17 heavy (non-hydrogen) atoms. The predicted molar refractivity (Wildman–Crippen MR) is 49.7 cm³/mol. The largest absolute Gasteiger partial charge is 0.463 e. The van der Waals surface area contributed by atoms with Gasteiger partial charge in [0.1, 0.15) is 0 Å². The number of hydrogen-bond acceptors (Lipinski definition) is 2. The Labute approximate surface area is 95.5 Å². The van der Waals surface area contributed by atoms with E-state index in [1.165, 1.54) is 21.0 Å². The Morgan fingerprint density at radius 3 is 2.00 bits per heavy atom. The maximum absolute atomic E-state index is 12.8. The summed E-state index contributed by atoms with van der Waals surface area (Å²) in [7, 11) is 1.25. The molecule has 1 amide bonds. The number of methoxy groups -OCH3 is 1. The molecule has 0 aliphatic heterocycles. The van der Waals surface area contributed by atoms with E-state index in [-0.39, 0.29) is 13.2 Å². The van der Waals surface area contributed by atoms with E-state index in [1.54, 1.807) is 0 Å². The van der Waals surface area contributed by atoms with Gasteiger partial charge < -0.3 is 9.64 Å². The van der Waals surface area contributed by atoms with E-state index in [1.807, 2.05) is 0 Å². The molecular formula is C9H14F5NO2. The molecule has 0 saturated heterocycles. The first-order valence-corrected chi connectivity index (χ1v) is 4.80. The Morgan fingerprint density at radius 1 is 1.24 bits per heavy atom. The van der Waals surface area contributed by atoms with Crippen molar-refractivity contribution in [1.82, 2.24) is 4.90 Å². The second-order valence-corrected chi connectivity index (χ2v) is 3.66. The highest BCUT2D eigenvalue weighted by Gasteiger charge is 2.64. The summed E-state index contributed by atoms with van der Waals surface area (Å²) in [5, 5.41) is 0. The summed E-state index contributed by atoms with van der Waals surface area (Å²) < 4.78 is 66.2. The fourth-order valence-electron chi connectivity index (χ4n) is 1.09. The average Bonchev–Trinajstić information content (AvgIpc) is 2.15. The summed E-state index contributed by atoms with van der Waals surface area (Å²) in [4.78, 5) is 11.6. The minimum absolute atomic E-state index is 0.113. The zero-order chi connectivity index (χ0) is 13.9. The lowest BCUT2D eigenvalue weighted by Gasteiger charge is -2.30. The summed E-state index contributed by atoms with van der Waals surface area (Å²) in [5.41, 5.74) is 0. The third-order valence-corrected chi connectivity index (χ3v) is 2.05. The molecular weight excluding hydrogens is 249 g/mol. The Kier molecular flexibility index (Phi) is 5.31. The first-order valence-electron chi connectivity index (χ1n) is 4.80. The second kappa shape index (κ2) is 5.61. The first kappa shape index (κ1) is 16.1. The van der Waals surface area contributed by atoms with Gasteiger partial charge in [0.2, 0.25) is 0 Å². The molecule has 0 unspecified atom stereocenters. The molecule has 3 nitrogen and oxygen atoms in total. The van der Waals surface area contributed by atoms with Crippen LogP contribution >= 0.6 is 0 Å². The van der Waals surface area contributed by atoms with E-state index in [0.29, 0.717) is 4.90 Å². The van der Waals surface area contributed by atoms with E-state index in [0.717, 1.165) is 0 Å². The molecule has 0 rings (SSSR count). The fraction of sp³-hybridized carbons (Fsp3) is 0.889. The summed E-state index contributed by atoms with van der Waals surface area (Å²) in [6, 6.07) is -0.772.